The Morgan fingerprint density at radius 3 is 2.72 bits per heavy atom. The highest BCUT2D eigenvalue weighted by molar-refractivity contribution is 5.19. The van der Waals surface area contributed by atoms with E-state index in [2.05, 4.69) is 12.1 Å². The molecule has 2 unspecified atom stereocenters. The molecule has 18 heavy (non-hydrogen) atoms. The SMILES string of the molecule is C[C@@]12C=CC(O)C(CCc3ccccc3)[C@@H]1OO2. The van der Waals surface area contributed by atoms with Crippen LogP contribution >= 0.6 is 0 Å². The number of aliphatic hydroxyl groups is 1. The van der Waals surface area contributed by atoms with Gasteiger partial charge in [-0.25, -0.2) is 9.78 Å². The Morgan fingerprint density at radius 1 is 1.28 bits per heavy atom. The predicted molar refractivity (Wildman–Crippen MR) is 67.8 cm³/mol. The second-order valence-corrected chi connectivity index (χ2v) is 5.32. The van der Waals surface area contributed by atoms with Gasteiger partial charge in [0, 0.05) is 5.92 Å². The lowest BCUT2D eigenvalue weighted by Gasteiger charge is -2.49. The molecule has 0 spiro atoms. The molecule has 1 heterocycles. The van der Waals surface area contributed by atoms with Crippen molar-refractivity contribution in [2.45, 2.75) is 37.6 Å². The molecule has 3 rings (SSSR count). The number of hydrogen-bond donors (Lipinski definition) is 1. The zero-order valence-electron chi connectivity index (χ0n) is 10.5. The summed E-state index contributed by atoms with van der Waals surface area (Å²) in [7, 11) is 0. The van der Waals surface area contributed by atoms with Gasteiger partial charge in [0.05, 0.1) is 6.10 Å². The Kier molecular flexibility index (Phi) is 2.98. The molecule has 1 aromatic rings. The summed E-state index contributed by atoms with van der Waals surface area (Å²) in [5, 5.41) is 10.1. The van der Waals surface area contributed by atoms with Crippen molar-refractivity contribution in [1.82, 2.24) is 0 Å². The molecule has 3 nitrogen and oxygen atoms in total. The molecule has 1 saturated heterocycles. The largest absolute Gasteiger partial charge is 0.389 e. The Hall–Kier alpha value is -1.16. The van der Waals surface area contributed by atoms with Gasteiger partial charge in [0.1, 0.15) is 11.7 Å². The third kappa shape index (κ3) is 1.99. The van der Waals surface area contributed by atoms with Crippen LogP contribution in [0.5, 0.6) is 0 Å². The van der Waals surface area contributed by atoms with E-state index in [9.17, 15) is 5.11 Å². The lowest BCUT2D eigenvalue weighted by molar-refractivity contribution is -0.504. The molecule has 1 aliphatic carbocycles. The van der Waals surface area contributed by atoms with Gasteiger partial charge in [-0.1, -0.05) is 36.4 Å². The van der Waals surface area contributed by atoms with Crippen LogP contribution in [0.15, 0.2) is 42.5 Å². The molecule has 4 atom stereocenters. The number of fused-ring (bicyclic) bond motifs is 1. The van der Waals surface area contributed by atoms with E-state index in [1.165, 1.54) is 5.56 Å². The highest BCUT2D eigenvalue weighted by Crippen LogP contribution is 2.42. The summed E-state index contributed by atoms with van der Waals surface area (Å²) >= 11 is 0. The van der Waals surface area contributed by atoms with Crippen molar-refractivity contribution in [1.29, 1.82) is 0 Å². The summed E-state index contributed by atoms with van der Waals surface area (Å²) in [6.45, 7) is 2.00. The van der Waals surface area contributed by atoms with Crippen LogP contribution in [0.1, 0.15) is 18.9 Å². The molecule has 0 radical (unpaired) electrons. The first kappa shape index (κ1) is 11.9. The van der Waals surface area contributed by atoms with Crippen LogP contribution in [-0.2, 0) is 16.2 Å². The maximum atomic E-state index is 10.1. The standard InChI is InChI=1S/C15H18O3/c1-15-10-9-13(16)12(14(15)17-18-15)8-7-11-5-3-2-4-6-11/h2-6,9-10,12-14,16H,7-8H2,1H3/t12?,13?,14-,15+/m0/s1. The summed E-state index contributed by atoms with van der Waals surface area (Å²) < 4.78 is 0. The van der Waals surface area contributed by atoms with Crippen LogP contribution in [0.4, 0.5) is 0 Å². The normalized spacial score (nSPS) is 38.0. The van der Waals surface area contributed by atoms with Gasteiger partial charge in [0.25, 0.3) is 0 Å². The van der Waals surface area contributed by atoms with Crippen molar-refractivity contribution in [3.05, 3.63) is 48.0 Å². The average Bonchev–Trinajstić information content (AvgIpc) is 2.38. The van der Waals surface area contributed by atoms with E-state index in [-0.39, 0.29) is 17.6 Å². The van der Waals surface area contributed by atoms with Crippen molar-refractivity contribution >= 4 is 0 Å². The molecule has 0 amide bonds. The first-order valence-corrected chi connectivity index (χ1v) is 6.45. The van der Waals surface area contributed by atoms with Crippen LogP contribution in [0.3, 0.4) is 0 Å². The zero-order chi connectivity index (χ0) is 12.6. The maximum Gasteiger partial charge on any atom is 0.148 e. The summed E-state index contributed by atoms with van der Waals surface area (Å²) in [6, 6.07) is 10.3. The van der Waals surface area contributed by atoms with Crippen LogP contribution in [0.2, 0.25) is 0 Å². The molecule has 1 fully saturated rings. The van der Waals surface area contributed by atoms with Gasteiger partial charge in [-0.05, 0) is 31.4 Å². The van der Waals surface area contributed by atoms with Gasteiger partial charge >= 0.3 is 0 Å². The smallest absolute Gasteiger partial charge is 0.148 e. The fourth-order valence-corrected chi connectivity index (χ4v) is 2.79. The number of aryl methyl sites for hydroxylation is 1. The predicted octanol–water partition coefficient (Wildman–Crippen LogP) is 2.26. The second-order valence-electron chi connectivity index (χ2n) is 5.32. The van der Waals surface area contributed by atoms with Crippen LogP contribution in [0.25, 0.3) is 0 Å². The fraction of sp³-hybridized carbons (Fsp3) is 0.467. The molecule has 0 bridgehead atoms. The van der Waals surface area contributed by atoms with Gasteiger partial charge in [0.15, 0.2) is 0 Å². The quantitative estimate of drug-likeness (QED) is 0.656. The van der Waals surface area contributed by atoms with E-state index in [0.717, 1.165) is 12.8 Å². The summed E-state index contributed by atoms with van der Waals surface area (Å²) in [6.07, 6.45) is 5.13. The minimum atomic E-state index is -0.435. The van der Waals surface area contributed by atoms with E-state index in [0.29, 0.717) is 0 Å². The molecule has 96 valence electrons. The molecular formula is C15H18O3. The topological polar surface area (TPSA) is 38.7 Å². The molecule has 1 N–H and O–H groups in total. The van der Waals surface area contributed by atoms with Crippen molar-refractivity contribution in [3.8, 4) is 0 Å². The van der Waals surface area contributed by atoms with E-state index in [4.69, 9.17) is 9.78 Å². The van der Waals surface area contributed by atoms with Crippen LogP contribution in [0, 0.1) is 5.92 Å². The van der Waals surface area contributed by atoms with Crippen LogP contribution in [-0.4, -0.2) is 22.9 Å². The molecule has 1 aliphatic heterocycles. The van der Waals surface area contributed by atoms with Gasteiger partial charge < -0.3 is 5.11 Å². The zero-order valence-corrected chi connectivity index (χ0v) is 10.5. The average molecular weight is 246 g/mol. The molecule has 1 aromatic carbocycles. The molecule has 0 aromatic heterocycles. The lowest BCUT2D eigenvalue weighted by atomic mass is 9.76. The maximum absolute atomic E-state index is 10.1. The highest BCUT2D eigenvalue weighted by Gasteiger charge is 2.53. The van der Waals surface area contributed by atoms with E-state index in [1.54, 1.807) is 0 Å². The molecule has 2 aliphatic rings. The Bertz CT molecular complexity index is 442. The second kappa shape index (κ2) is 4.50. The van der Waals surface area contributed by atoms with Gasteiger partial charge in [0.2, 0.25) is 0 Å². The number of rotatable bonds is 3. The number of hydrogen-bond acceptors (Lipinski definition) is 3. The molecule has 3 heteroatoms. The molecule has 0 saturated carbocycles. The first-order valence-electron chi connectivity index (χ1n) is 6.45. The Labute approximate surface area is 107 Å². The van der Waals surface area contributed by atoms with E-state index in [1.807, 2.05) is 37.3 Å². The monoisotopic (exact) mass is 246 g/mol. The van der Waals surface area contributed by atoms with Crippen molar-refractivity contribution in [2.24, 2.45) is 5.92 Å². The van der Waals surface area contributed by atoms with Crippen molar-refractivity contribution in [2.75, 3.05) is 0 Å². The third-order valence-corrected chi connectivity index (χ3v) is 3.96. The summed E-state index contributed by atoms with van der Waals surface area (Å²) in [5.74, 6) is 0.106. The van der Waals surface area contributed by atoms with Crippen molar-refractivity contribution < 1.29 is 14.9 Å². The van der Waals surface area contributed by atoms with Gasteiger partial charge in [-0.15, -0.1) is 0 Å². The molecular weight excluding hydrogens is 228 g/mol. The minimum Gasteiger partial charge on any atom is -0.389 e. The summed E-state index contributed by atoms with van der Waals surface area (Å²) in [5.41, 5.74) is 0.946. The third-order valence-electron chi connectivity index (χ3n) is 3.96. The first-order chi connectivity index (χ1) is 8.69. The van der Waals surface area contributed by atoms with Gasteiger partial charge in [-0.2, -0.15) is 0 Å². The highest BCUT2D eigenvalue weighted by atomic mass is 17.3. The number of aliphatic hydroxyl groups excluding tert-OH is 1. The van der Waals surface area contributed by atoms with E-state index >= 15 is 0 Å². The van der Waals surface area contributed by atoms with Crippen LogP contribution < -0.4 is 0 Å². The Morgan fingerprint density at radius 2 is 2.06 bits per heavy atom. The van der Waals surface area contributed by atoms with Gasteiger partial charge in [-0.3, -0.25) is 0 Å². The fourth-order valence-electron chi connectivity index (χ4n) is 2.79. The Balaban J connectivity index is 1.67. The summed E-state index contributed by atoms with van der Waals surface area (Å²) in [4.78, 5) is 10.4. The minimum absolute atomic E-state index is 0.0267. The lowest BCUT2D eigenvalue weighted by Crippen LogP contribution is -2.60. The van der Waals surface area contributed by atoms with E-state index < -0.39 is 6.10 Å². The number of benzene rings is 1. The van der Waals surface area contributed by atoms with Crippen molar-refractivity contribution in [3.63, 3.8) is 0 Å².